The molecule has 0 aromatic rings. The van der Waals surface area contributed by atoms with E-state index in [-0.39, 0.29) is 0 Å². The molecule has 0 aliphatic heterocycles. The summed E-state index contributed by atoms with van der Waals surface area (Å²) in [4.78, 5) is 17.8. The van der Waals surface area contributed by atoms with Gasteiger partial charge in [-0.3, -0.25) is 0 Å². The molecule has 0 atom stereocenters. The summed E-state index contributed by atoms with van der Waals surface area (Å²) in [5.41, 5.74) is 0. The van der Waals surface area contributed by atoms with Gasteiger partial charge in [0.15, 0.2) is 0 Å². The van der Waals surface area contributed by atoms with Crippen molar-refractivity contribution in [1.29, 1.82) is 0 Å². The first-order valence-electron chi connectivity index (χ1n) is 2.46. The van der Waals surface area contributed by atoms with Crippen LogP contribution in [-0.4, -0.2) is 39.0 Å². The van der Waals surface area contributed by atoms with Gasteiger partial charge in [-0.15, -0.1) is 0 Å². The van der Waals surface area contributed by atoms with Crippen LogP contribution in [0, 0.1) is 0 Å². The van der Waals surface area contributed by atoms with Gasteiger partial charge in [0, 0.05) is 11.9 Å². The molecular weight excluding hydrogens is 183 g/mol. The molecule has 7 heteroatoms. The molecule has 0 amide bonds. The molecule has 11 heavy (non-hydrogen) atoms. The van der Waals surface area contributed by atoms with Gasteiger partial charge in [-0.2, -0.15) is 0 Å². The third-order valence-corrected chi connectivity index (χ3v) is 0. The zero-order valence-corrected chi connectivity index (χ0v) is 9.77. The van der Waals surface area contributed by atoms with Crippen molar-refractivity contribution in [2.75, 3.05) is 0 Å². The van der Waals surface area contributed by atoms with Gasteiger partial charge in [0.05, 0.1) is 0 Å². The summed E-state index contributed by atoms with van der Waals surface area (Å²) in [6, 6.07) is 0. The molecule has 0 aromatic heterocycles. The molecular formula is C4H9AlO5Si. The van der Waals surface area contributed by atoms with E-state index in [1.807, 2.05) is 0 Å². The predicted octanol–water partition coefficient (Wildman–Crippen LogP) is -4.12. The van der Waals surface area contributed by atoms with Crippen LogP contribution in [0.5, 0.6) is 0 Å². The number of rotatable bonds is 0. The van der Waals surface area contributed by atoms with E-state index in [0.29, 0.717) is 0 Å². The van der Waals surface area contributed by atoms with Crippen LogP contribution in [0.1, 0.15) is 13.8 Å². The topological polar surface area (TPSA) is 89.5 Å². The van der Waals surface area contributed by atoms with E-state index in [1.54, 1.807) is 0 Å². The Morgan fingerprint density at radius 1 is 1.27 bits per heavy atom. The Morgan fingerprint density at radius 3 is 1.27 bits per heavy atom. The maximum absolute atomic E-state index is 8.89. The molecule has 5 nitrogen and oxygen atoms in total. The number of carbonyl (C=O) groups excluding carboxylic acids is 2. The van der Waals surface area contributed by atoms with E-state index < -0.39 is 11.9 Å². The van der Waals surface area contributed by atoms with Crippen molar-refractivity contribution >= 4 is 39.0 Å². The Kier molecular flexibility index (Phi) is 25.2. The summed E-state index contributed by atoms with van der Waals surface area (Å²) in [5, 5.41) is 17.8. The Balaban J connectivity index is -0.0000000886. The summed E-state index contributed by atoms with van der Waals surface area (Å²) in [7, 11) is 0.832. The van der Waals surface area contributed by atoms with Gasteiger partial charge < -0.3 is 19.8 Å². The number of hydrogen-bond acceptors (Lipinski definition) is 5. The fourth-order valence-corrected chi connectivity index (χ4v) is 0. The molecule has 0 aliphatic rings. The van der Waals surface area contributed by atoms with Crippen LogP contribution in [0.25, 0.3) is 0 Å². The predicted molar refractivity (Wildman–Crippen MR) is 38.1 cm³/mol. The molecule has 0 saturated carbocycles. The van der Waals surface area contributed by atoms with Crippen LogP contribution < -0.4 is 10.2 Å². The van der Waals surface area contributed by atoms with Crippen molar-refractivity contribution in [3.63, 3.8) is 0 Å². The minimum atomic E-state index is -1.08. The molecule has 0 N–H and O–H groups in total. The Bertz CT molecular complexity index is 86.7. The fraction of sp³-hybridized carbons (Fsp3) is 0.500. The zero-order chi connectivity index (χ0) is 9.86. The minimum absolute atomic E-state index is 0.832. The molecule has 0 heterocycles. The van der Waals surface area contributed by atoms with Crippen LogP contribution in [0.4, 0.5) is 0 Å². The van der Waals surface area contributed by atoms with Gasteiger partial charge in [0.2, 0.25) is 0 Å². The Hall–Kier alpha value is -0.351. The first kappa shape index (κ1) is 16.9. The van der Waals surface area contributed by atoms with Crippen molar-refractivity contribution in [2.24, 2.45) is 0 Å². The molecule has 0 aliphatic carbocycles. The van der Waals surface area contributed by atoms with Crippen molar-refractivity contribution < 1.29 is 23.3 Å². The van der Waals surface area contributed by atoms with Gasteiger partial charge in [-0.1, -0.05) is 0 Å². The fourth-order valence-electron chi connectivity index (χ4n) is 0. The van der Waals surface area contributed by atoms with Crippen LogP contribution in [-0.2, 0) is 13.1 Å². The first-order chi connectivity index (χ1) is 4.88. The number of carboxylic acid groups (broad SMARTS) is 2. The van der Waals surface area contributed by atoms with Crippen molar-refractivity contribution in [3.8, 4) is 0 Å². The number of carbonyl (C=O) groups is 2. The van der Waals surface area contributed by atoms with Gasteiger partial charge in [-0.05, 0) is 13.8 Å². The Morgan fingerprint density at radius 2 is 1.27 bits per heavy atom. The summed E-state index contributed by atoms with van der Waals surface area (Å²) in [6.45, 7) is 1.94. The van der Waals surface area contributed by atoms with Gasteiger partial charge in [0.1, 0.15) is 0 Å². The van der Waals surface area contributed by atoms with E-state index in [1.165, 1.54) is 0 Å². The van der Waals surface area contributed by atoms with Gasteiger partial charge in [0.25, 0.3) is 0 Å². The zero-order valence-electron chi connectivity index (χ0n) is 6.62. The summed E-state index contributed by atoms with van der Waals surface area (Å²) < 4.78 is 4.31. The van der Waals surface area contributed by atoms with E-state index in [4.69, 9.17) is 19.8 Å². The van der Waals surface area contributed by atoms with E-state index in [2.05, 4.69) is 20.1 Å². The molecule has 0 unspecified atom stereocenters. The Labute approximate surface area is 76.7 Å². The third-order valence-electron chi connectivity index (χ3n) is 0. The van der Waals surface area contributed by atoms with Crippen molar-refractivity contribution in [1.82, 2.24) is 0 Å². The molecule has 0 spiro atoms. The van der Waals surface area contributed by atoms with Crippen LogP contribution >= 0.6 is 0 Å². The average Bonchev–Trinajstić information content (AvgIpc) is 1.60. The van der Waals surface area contributed by atoms with Crippen LogP contribution in [0.15, 0.2) is 0 Å². The summed E-state index contributed by atoms with van der Waals surface area (Å²) >= 11 is 2.14. The first-order valence-corrected chi connectivity index (χ1v) is 3.75. The molecule has 0 fully saturated rings. The van der Waals surface area contributed by atoms with Crippen molar-refractivity contribution in [3.05, 3.63) is 0 Å². The molecule has 0 bridgehead atoms. The normalized spacial score (nSPS) is 6.55. The second-order valence-corrected chi connectivity index (χ2v) is 3.10. The van der Waals surface area contributed by atoms with Gasteiger partial charge in [-0.25, -0.2) is 0 Å². The van der Waals surface area contributed by atoms with Crippen molar-refractivity contribution in [2.45, 2.75) is 13.8 Å². The number of hydrogen-bond donors (Lipinski definition) is 0. The summed E-state index contributed by atoms with van der Waals surface area (Å²) in [5.74, 6) is -2.17. The molecule has 62 valence electrons. The molecule has 0 radical (unpaired) electrons. The van der Waals surface area contributed by atoms with E-state index in [9.17, 15) is 0 Å². The number of carboxylic acids is 2. The second kappa shape index (κ2) is 16.3. The third kappa shape index (κ3) is 4590. The number of aliphatic carboxylic acids is 2. The maximum atomic E-state index is 8.89. The molecule has 0 saturated heterocycles. The summed E-state index contributed by atoms with van der Waals surface area (Å²) in [6.07, 6.45) is 0. The van der Waals surface area contributed by atoms with Crippen LogP contribution in [0.3, 0.4) is 0 Å². The van der Waals surface area contributed by atoms with Gasteiger partial charge >= 0.3 is 30.6 Å². The SMILES string of the molecule is CC(=O)[O-].CC(=O)[O-].[Al+2][O][SiH3]. The molecule has 0 aromatic carbocycles. The second-order valence-electron chi connectivity index (χ2n) is 1.22. The standard InChI is InChI=1S/2C2H4O2.Al.H3OSi/c2*1-2(3)4;;1-2/h2*1H3,(H,3,4);;2H3/q;;+3;-1/p-2. The van der Waals surface area contributed by atoms with Crippen LogP contribution in [0.2, 0.25) is 0 Å². The quantitative estimate of drug-likeness (QED) is 0.364. The monoisotopic (exact) mass is 192 g/mol. The van der Waals surface area contributed by atoms with E-state index >= 15 is 0 Å². The molecule has 0 rings (SSSR count). The van der Waals surface area contributed by atoms with E-state index in [0.717, 1.165) is 24.3 Å². The average molecular weight is 192 g/mol.